The maximum absolute atomic E-state index is 4.78. The van der Waals surface area contributed by atoms with Gasteiger partial charge in [-0.05, 0) is 41.8 Å². The molecule has 0 bridgehead atoms. The quantitative estimate of drug-likeness (QED) is 0.263. The molecule has 7 aromatic rings. The van der Waals surface area contributed by atoms with E-state index in [0.717, 1.165) is 16.9 Å². The van der Waals surface area contributed by atoms with Crippen molar-refractivity contribution in [1.29, 1.82) is 0 Å². The normalized spacial score (nSPS) is 11.8. The molecule has 0 radical (unpaired) electrons. The summed E-state index contributed by atoms with van der Waals surface area (Å²) in [5, 5.41) is 8.08. The molecule has 152 valence electrons. The number of thiophene rings is 3. The third kappa shape index (κ3) is 2.70. The van der Waals surface area contributed by atoms with E-state index in [0.29, 0.717) is 0 Å². The Morgan fingerprint density at radius 3 is 2.56 bits per heavy atom. The van der Waals surface area contributed by atoms with Crippen molar-refractivity contribution in [2.75, 3.05) is 0 Å². The minimum absolute atomic E-state index is 0.892. The van der Waals surface area contributed by atoms with Gasteiger partial charge in [0.15, 0.2) is 0 Å². The van der Waals surface area contributed by atoms with Gasteiger partial charge in [0, 0.05) is 37.5 Å². The lowest BCUT2D eigenvalue weighted by Gasteiger charge is -2.04. The first-order valence-corrected chi connectivity index (χ1v) is 12.8. The number of rotatable bonds is 3. The van der Waals surface area contributed by atoms with Crippen LogP contribution in [0.5, 0.6) is 0 Å². The predicted molar refractivity (Wildman–Crippen MR) is 138 cm³/mol. The molecular formula is C26H15N3S3. The zero-order valence-corrected chi connectivity index (χ0v) is 19.2. The van der Waals surface area contributed by atoms with Gasteiger partial charge in [0.1, 0.15) is 5.00 Å². The second kappa shape index (κ2) is 7.10. The fourth-order valence-electron chi connectivity index (χ4n) is 4.29. The monoisotopic (exact) mass is 465 g/mol. The van der Waals surface area contributed by atoms with Gasteiger partial charge in [0.25, 0.3) is 0 Å². The van der Waals surface area contributed by atoms with Gasteiger partial charge >= 0.3 is 0 Å². The van der Waals surface area contributed by atoms with Crippen LogP contribution in [0.3, 0.4) is 0 Å². The Bertz CT molecular complexity index is 1720. The third-order valence-corrected chi connectivity index (χ3v) is 8.84. The van der Waals surface area contributed by atoms with Gasteiger partial charge in [0.05, 0.1) is 33.3 Å². The Morgan fingerprint density at radius 2 is 1.69 bits per heavy atom. The summed E-state index contributed by atoms with van der Waals surface area (Å²) in [6.07, 6.45) is 3.81. The molecule has 0 atom stereocenters. The van der Waals surface area contributed by atoms with Gasteiger partial charge < -0.3 is 0 Å². The second-order valence-electron chi connectivity index (χ2n) is 7.56. The Labute approximate surface area is 195 Å². The highest BCUT2D eigenvalue weighted by Crippen LogP contribution is 2.44. The van der Waals surface area contributed by atoms with Crippen LogP contribution in [0, 0.1) is 0 Å². The van der Waals surface area contributed by atoms with Gasteiger partial charge in [-0.1, -0.05) is 30.3 Å². The lowest BCUT2D eigenvalue weighted by Crippen LogP contribution is -1.91. The fourth-order valence-corrected chi connectivity index (χ4v) is 7.59. The number of para-hydroxylation sites is 1. The average Bonchev–Trinajstić information content (AvgIpc) is 3.61. The smallest absolute Gasteiger partial charge is 0.102 e. The zero-order valence-electron chi connectivity index (χ0n) is 16.7. The Morgan fingerprint density at radius 1 is 0.750 bits per heavy atom. The molecule has 0 amide bonds. The highest BCUT2D eigenvalue weighted by Gasteiger charge is 2.18. The molecule has 0 N–H and O–H groups in total. The molecule has 1 aromatic carbocycles. The molecule has 0 saturated carbocycles. The summed E-state index contributed by atoms with van der Waals surface area (Å²) in [6.45, 7) is 0. The van der Waals surface area contributed by atoms with Crippen LogP contribution in [0.1, 0.15) is 0 Å². The first kappa shape index (κ1) is 18.3. The average molecular weight is 466 g/mol. The molecule has 6 heterocycles. The van der Waals surface area contributed by atoms with Gasteiger partial charge in [-0.3, -0.25) is 14.5 Å². The molecular weight excluding hydrogens is 451 g/mol. The first-order valence-electron chi connectivity index (χ1n) is 10.2. The van der Waals surface area contributed by atoms with Crippen molar-refractivity contribution in [3.05, 3.63) is 89.9 Å². The molecule has 7 rings (SSSR count). The standard InChI is InChI=1S/C26H15N3S3/c1-2-8-21-16(6-1)17-12-20(19-7-3-4-10-27-19)28-14-22(17)29(21)25-13-24-26(32-25)18(15-31-24)23-9-5-11-30-23/h1-15H. The Hall–Kier alpha value is -3.32. The number of nitrogens with zero attached hydrogens (tertiary/aromatic N) is 3. The maximum atomic E-state index is 4.78. The van der Waals surface area contributed by atoms with E-state index in [9.17, 15) is 0 Å². The van der Waals surface area contributed by atoms with Crippen LogP contribution in [-0.4, -0.2) is 14.5 Å². The number of fused-ring (bicyclic) bond motifs is 4. The minimum Gasteiger partial charge on any atom is -0.299 e. The van der Waals surface area contributed by atoms with E-state index in [1.54, 1.807) is 11.3 Å². The summed E-state index contributed by atoms with van der Waals surface area (Å²) < 4.78 is 5.05. The van der Waals surface area contributed by atoms with Gasteiger partial charge in [0.2, 0.25) is 0 Å². The highest BCUT2D eigenvalue weighted by molar-refractivity contribution is 7.29. The van der Waals surface area contributed by atoms with E-state index in [4.69, 9.17) is 4.98 Å². The third-order valence-electron chi connectivity index (χ3n) is 5.73. The van der Waals surface area contributed by atoms with E-state index < -0.39 is 0 Å². The number of hydrogen-bond acceptors (Lipinski definition) is 5. The highest BCUT2D eigenvalue weighted by atomic mass is 32.1. The van der Waals surface area contributed by atoms with Crippen molar-refractivity contribution in [2.24, 2.45) is 0 Å². The molecule has 0 spiro atoms. The number of aromatic nitrogens is 3. The second-order valence-corrected chi connectivity index (χ2v) is 10.4. The van der Waals surface area contributed by atoms with E-state index >= 15 is 0 Å². The van der Waals surface area contributed by atoms with Crippen molar-refractivity contribution in [2.45, 2.75) is 0 Å². The Kier molecular flexibility index (Phi) is 4.05. The molecule has 3 nitrogen and oxygen atoms in total. The predicted octanol–water partition coefficient (Wildman–Crippen LogP) is 8.25. The number of hydrogen-bond donors (Lipinski definition) is 0. The largest absolute Gasteiger partial charge is 0.299 e. The van der Waals surface area contributed by atoms with Crippen LogP contribution in [0.25, 0.3) is 58.0 Å². The van der Waals surface area contributed by atoms with Gasteiger partial charge in [-0.15, -0.1) is 34.0 Å². The molecule has 0 fully saturated rings. The van der Waals surface area contributed by atoms with Crippen LogP contribution in [0.4, 0.5) is 0 Å². The summed E-state index contributed by atoms with van der Waals surface area (Å²) in [5.41, 5.74) is 5.45. The summed E-state index contributed by atoms with van der Waals surface area (Å²) in [5.74, 6) is 0. The summed E-state index contributed by atoms with van der Waals surface area (Å²) in [4.78, 5) is 10.6. The van der Waals surface area contributed by atoms with Crippen LogP contribution < -0.4 is 0 Å². The summed E-state index contributed by atoms with van der Waals surface area (Å²) in [6, 6.07) is 23.4. The molecule has 32 heavy (non-hydrogen) atoms. The van der Waals surface area contributed by atoms with E-state index in [1.807, 2.05) is 53.3 Å². The first-order chi connectivity index (χ1) is 15.9. The van der Waals surface area contributed by atoms with Crippen molar-refractivity contribution >= 4 is 65.2 Å². The number of pyridine rings is 2. The van der Waals surface area contributed by atoms with Crippen molar-refractivity contribution in [3.63, 3.8) is 0 Å². The SMILES string of the molecule is c1ccc(-c2cc3c4ccccc4n(-c4cc5scc(-c6cccs6)c5s4)c3cn2)nc1. The van der Waals surface area contributed by atoms with Gasteiger partial charge in [-0.2, -0.15) is 0 Å². The van der Waals surface area contributed by atoms with E-state index in [-0.39, 0.29) is 0 Å². The molecule has 0 aliphatic heterocycles. The van der Waals surface area contributed by atoms with E-state index in [2.05, 4.69) is 68.8 Å². The zero-order chi connectivity index (χ0) is 21.1. The van der Waals surface area contributed by atoms with Crippen LogP contribution in [0.2, 0.25) is 0 Å². The Balaban J connectivity index is 1.49. The number of benzene rings is 1. The van der Waals surface area contributed by atoms with E-state index in [1.165, 1.54) is 41.1 Å². The van der Waals surface area contributed by atoms with Crippen LogP contribution in [0.15, 0.2) is 89.9 Å². The van der Waals surface area contributed by atoms with Crippen molar-refractivity contribution < 1.29 is 0 Å². The molecule has 0 aliphatic rings. The maximum Gasteiger partial charge on any atom is 0.102 e. The van der Waals surface area contributed by atoms with Crippen molar-refractivity contribution in [3.8, 4) is 26.8 Å². The van der Waals surface area contributed by atoms with Gasteiger partial charge in [-0.25, -0.2) is 0 Å². The minimum atomic E-state index is 0.892. The summed E-state index contributed by atoms with van der Waals surface area (Å²) in [7, 11) is 0. The molecule has 6 aromatic heterocycles. The van der Waals surface area contributed by atoms with Crippen molar-refractivity contribution in [1.82, 2.24) is 14.5 Å². The lowest BCUT2D eigenvalue weighted by molar-refractivity contribution is 1.20. The van der Waals surface area contributed by atoms with Crippen LogP contribution in [-0.2, 0) is 0 Å². The molecule has 0 unspecified atom stereocenters. The van der Waals surface area contributed by atoms with Crippen LogP contribution >= 0.6 is 34.0 Å². The fraction of sp³-hybridized carbons (Fsp3) is 0. The lowest BCUT2D eigenvalue weighted by atomic mass is 10.1. The molecule has 0 aliphatic carbocycles. The molecule has 6 heteroatoms. The molecule has 0 saturated heterocycles. The summed E-state index contributed by atoms with van der Waals surface area (Å²) >= 11 is 5.47. The topological polar surface area (TPSA) is 30.7 Å².